The zero-order valence-corrected chi connectivity index (χ0v) is 13.8. The summed E-state index contributed by atoms with van der Waals surface area (Å²) in [6.45, 7) is 3.99. The SMILES string of the molecule is CC(CC(C)(N)C(=O)O)C(C)c1cccc(C(F)(F)F)c1C(F)(F)F. The van der Waals surface area contributed by atoms with E-state index in [1.165, 1.54) is 20.8 Å². The maximum atomic E-state index is 13.3. The summed E-state index contributed by atoms with van der Waals surface area (Å²) in [5.41, 5.74) is -0.133. The molecule has 0 aromatic heterocycles. The second kappa shape index (κ2) is 6.86. The van der Waals surface area contributed by atoms with Crippen molar-refractivity contribution in [3.8, 4) is 0 Å². The highest BCUT2D eigenvalue weighted by Gasteiger charge is 2.45. The standard InChI is InChI=1S/C16H19F6NO2/c1-8(7-14(3,23)13(24)25)9(2)10-5-4-6-11(15(17,18)19)12(10)16(20,21)22/h4-6,8-9H,7,23H2,1-3H3,(H,24,25). The van der Waals surface area contributed by atoms with Gasteiger partial charge in [0.1, 0.15) is 5.54 Å². The predicted octanol–water partition coefficient (Wildman–Crippen LogP) is 4.66. The molecular weight excluding hydrogens is 352 g/mol. The lowest BCUT2D eigenvalue weighted by Crippen LogP contribution is -2.46. The fourth-order valence-electron chi connectivity index (χ4n) is 2.74. The highest BCUT2D eigenvalue weighted by Crippen LogP contribution is 2.45. The number of carboxylic acids is 1. The number of carbonyl (C=O) groups is 1. The number of nitrogens with two attached hydrogens (primary N) is 1. The molecule has 9 heteroatoms. The lowest BCUT2D eigenvalue weighted by Gasteiger charge is -2.30. The second-order valence-electron chi connectivity index (χ2n) is 6.46. The summed E-state index contributed by atoms with van der Waals surface area (Å²) in [5, 5.41) is 9.02. The van der Waals surface area contributed by atoms with Gasteiger partial charge >= 0.3 is 18.3 Å². The molecule has 3 unspecified atom stereocenters. The average molecular weight is 371 g/mol. The molecule has 0 amide bonds. The summed E-state index contributed by atoms with van der Waals surface area (Å²) in [4.78, 5) is 11.1. The molecule has 3 atom stereocenters. The quantitative estimate of drug-likeness (QED) is 0.741. The third-order valence-electron chi connectivity index (χ3n) is 4.26. The number of benzene rings is 1. The zero-order chi connectivity index (χ0) is 19.8. The van der Waals surface area contributed by atoms with Crippen molar-refractivity contribution < 1.29 is 36.2 Å². The molecule has 0 bridgehead atoms. The van der Waals surface area contributed by atoms with Gasteiger partial charge in [0.2, 0.25) is 0 Å². The molecule has 3 N–H and O–H groups in total. The second-order valence-corrected chi connectivity index (χ2v) is 6.46. The van der Waals surface area contributed by atoms with Crippen molar-refractivity contribution in [2.45, 2.75) is 51.0 Å². The van der Waals surface area contributed by atoms with Crippen LogP contribution in [0.5, 0.6) is 0 Å². The molecule has 142 valence electrons. The predicted molar refractivity (Wildman–Crippen MR) is 78.9 cm³/mol. The molecule has 0 saturated heterocycles. The minimum absolute atomic E-state index is 0.197. The van der Waals surface area contributed by atoms with E-state index in [1.807, 2.05) is 0 Å². The van der Waals surface area contributed by atoms with E-state index in [0.717, 1.165) is 12.1 Å². The maximum Gasteiger partial charge on any atom is 0.417 e. The van der Waals surface area contributed by atoms with Crippen LogP contribution in [0.25, 0.3) is 0 Å². The number of aliphatic carboxylic acids is 1. The van der Waals surface area contributed by atoms with E-state index in [9.17, 15) is 31.1 Å². The lowest BCUT2D eigenvalue weighted by atomic mass is 9.78. The third-order valence-corrected chi connectivity index (χ3v) is 4.26. The van der Waals surface area contributed by atoms with Crippen LogP contribution in [0.2, 0.25) is 0 Å². The van der Waals surface area contributed by atoms with Crippen molar-refractivity contribution in [1.29, 1.82) is 0 Å². The summed E-state index contributed by atoms with van der Waals surface area (Å²) < 4.78 is 78.9. The van der Waals surface area contributed by atoms with Gasteiger partial charge in [-0.2, -0.15) is 26.3 Å². The van der Waals surface area contributed by atoms with E-state index in [-0.39, 0.29) is 6.42 Å². The molecular formula is C16H19F6NO2. The number of hydrogen-bond acceptors (Lipinski definition) is 2. The van der Waals surface area contributed by atoms with Crippen LogP contribution in [-0.4, -0.2) is 16.6 Å². The first kappa shape index (κ1) is 21.3. The average Bonchev–Trinajstić information content (AvgIpc) is 2.43. The first-order valence-corrected chi connectivity index (χ1v) is 7.38. The van der Waals surface area contributed by atoms with Crippen molar-refractivity contribution in [3.63, 3.8) is 0 Å². The van der Waals surface area contributed by atoms with Gasteiger partial charge in [-0.15, -0.1) is 0 Å². The molecule has 0 spiro atoms. The molecule has 0 fully saturated rings. The highest BCUT2D eigenvalue weighted by molar-refractivity contribution is 5.77. The Balaban J connectivity index is 3.40. The van der Waals surface area contributed by atoms with Gasteiger partial charge in [0.25, 0.3) is 0 Å². The molecule has 3 nitrogen and oxygen atoms in total. The van der Waals surface area contributed by atoms with Crippen LogP contribution in [0.1, 0.15) is 49.8 Å². The van der Waals surface area contributed by atoms with Crippen molar-refractivity contribution in [1.82, 2.24) is 0 Å². The summed E-state index contributed by atoms with van der Waals surface area (Å²) >= 11 is 0. The van der Waals surface area contributed by atoms with Crippen LogP contribution in [0, 0.1) is 5.92 Å². The molecule has 0 radical (unpaired) electrons. The Morgan fingerprint density at radius 1 is 1.12 bits per heavy atom. The largest absolute Gasteiger partial charge is 0.480 e. The maximum absolute atomic E-state index is 13.3. The topological polar surface area (TPSA) is 63.3 Å². The van der Waals surface area contributed by atoms with Crippen LogP contribution >= 0.6 is 0 Å². The Labute approximate surface area is 140 Å². The molecule has 0 aliphatic carbocycles. The molecule has 0 aliphatic rings. The van der Waals surface area contributed by atoms with E-state index in [0.29, 0.717) is 6.07 Å². The Bertz CT molecular complexity index is 636. The number of hydrogen-bond donors (Lipinski definition) is 2. The van der Waals surface area contributed by atoms with E-state index < -0.39 is 52.4 Å². The third kappa shape index (κ3) is 4.87. The zero-order valence-electron chi connectivity index (χ0n) is 13.8. The number of halogens is 6. The lowest BCUT2D eigenvalue weighted by molar-refractivity contribution is -0.162. The van der Waals surface area contributed by atoms with Crippen molar-refractivity contribution in [2.24, 2.45) is 11.7 Å². The van der Waals surface area contributed by atoms with Crippen LogP contribution in [0.15, 0.2) is 18.2 Å². The van der Waals surface area contributed by atoms with Crippen molar-refractivity contribution in [3.05, 3.63) is 34.9 Å². The first-order valence-electron chi connectivity index (χ1n) is 7.38. The fraction of sp³-hybridized carbons (Fsp3) is 0.562. The summed E-state index contributed by atoms with van der Waals surface area (Å²) in [7, 11) is 0. The Kier molecular flexibility index (Phi) is 5.83. The number of alkyl halides is 6. The highest BCUT2D eigenvalue weighted by atomic mass is 19.4. The Morgan fingerprint density at radius 2 is 1.64 bits per heavy atom. The normalized spacial score (nSPS) is 17.7. The molecule has 1 aromatic carbocycles. The molecule has 1 aromatic rings. The van der Waals surface area contributed by atoms with E-state index >= 15 is 0 Å². The summed E-state index contributed by atoms with van der Waals surface area (Å²) in [6.07, 6.45) is -10.6. The fourth-order valence-corrected chi connectivity index (χ4v) is 2.74. The van der Waals surface area contributed by atoms with Gasteiger partial charge in [-0.1, -0.05) is 26.0 Å². The molecule has 1 rings (SSSR count). The van der Waals surface area contributed by atoms with Gasteiger partial charge in [0.05, 0.1) is 11.1 Å². The Morgan fingerprint density at radius 3 is 2.04 bits per heavy atom. The van der Waals surface area contributed by atoms with Crippen LogP contribution in [0.4, 0.5) is 26.3 Å². The number of carboxylic acid groups (broad SMARTS) is 1. The van der Waals surface area contributed by atoms with E-state index in [4.69, 9.17) is 10.8 Å². The Hall–Kier alpha value is -1.77. The minimum Gasteiger partial charge on any atom is -0.480 e. The van der Waals surface area contributed by atoms with Gasteiger partial charge in [0, 0.05) is 0 Å². The summed E-state index contributed by atoms with van der Waals surface area (Å²) in [5.74, 6) is -3.02. The molecule has 0 aliphatic heterocycles. The van der Waals surface area contributed by atoms with Gasteiger partial charge < -0.3 is 10.8 Å². The van der Waals surface area contributed by atoms with Crippen molar-refractivity contribution in [2.75, 3.05) is 0 Å². The van der Waals surface area contributed by atoms with Gasteiger partial charge in [0.15, 0.2) is 0 Å². The minimum atomic E-state index is -5.20. The van der Waals surface area contributed by atoms with Crippen molar-refractivity contribution >= 4 is 5.97 Å². The molecule has 0 saturated carbocycles. The molecule has 25 heavy (non-hydrogen) atoms. The van der Waals surface area contributed by atoms with Gasteiger partial charge in [-0.3, -0.25) is 4.79 Å². The smallest absolute Gasteiger partial charge is 0.417 e. The van der Waals surface area contributed by atoms with E-state index in [1.54, 1.807) is 0 Å². The van der Waals surface area contributed by atoms with Gasteiger partial charge in [-0.25, -0.2) is 0 Å². The monoisotopic (exact) mass is 371 g/mol. The van der Waals surface area contributed by atoms with Crippen LogP contribution in [-0.2, 0) is 17.1 Å². The molecule has 0 heterocycles. The van der Waals surface area contributed by atoms with Crippen LogP contribution < -0.4 is 5.73 Å². The van der Waals surface area contributed by atoms with Crippen LogP contribution in [0.3, 0.4) is 0 Å². The van der Waals surface area contributed by atoms with Gasteiger partial charge in [-0.05, 0) is 36.8 Å². The summed E-state index contributed by atoms with van der Waals surface area (Å²) in [6, 6.07) is 2.28. The van der Waals surface area contributed by atoms with E-state index in [2.05, 4.69) is 0 Å². The first-order chi connectivity index (χ1) is 11.1. The number of rotatable bonds is 5.